The standard InChI is InChI=1S/C16H17N2O3Si/c1-2-21-22(17-15(19)13-9-5-3-6-10-13)18-16(20)14-11-7-4-8-12-14/h3-12H,2H2,1H3,(H,17,19)(H,18,20). The molecule has 0 aliphatic rings. The number of amides is 2. The van der Waals surface area contributed by atoms with Crippen molar-refractivity contribution < 1.29 is 14.0 Å². The van der Waals surface area contributed by atoms with Gasteiger partial charge in [0.1, 0.15) is 0 Å². The number of benzene rings is 2. The molecular weight excluding hydrogens is 296 g/mol. The highest BCUT2D eigenvalue weighted by Crippen LogP contribution is 2.00. The zero-order valence-corrected chi connectivity index (χ0v) is 13.2. The fourth-order valence-electron chi connectivity index (χ4n) is 1.78. The van der Waals surface area contributed by atoms with Crippen LogP contribution in [-0.2, 0) is 4.43 Å². The van der Waals surface area contributed by atoms with E-state index in [-0.39, 0.29) is 11.8 Å². The molecule has 5 nitrogen and oxygen atoms in total. The summed E-state index contributed by atoms with van der Waals surface area (Å²) in [5, 5.41) is 0. The summed E-state index contributed by atoms with van der Waals surface area (Å²) in [6.07, 6.45) is 0. The normalized spacial score (nSPS) is 10.3. The lowest BCUT2D eigenvalue weighted by Crippen LogP contribution is -2.54. The monoisotopic (exact) mass is 313 g/mol. The molecule has 1 radical (unpaired) electrons. The highest BCUT2D eigenvalue weighted by molar-refractivity contribution is 6.54. The maximum absolute atomic E-state index is 12.1. The maximum Gasteiger partial charge on any atom is 0.481 e. The van der Waals surface area contributed by atoms with Gasteiger partial charge in [0.2, 0.25) is 11.8 Å². The lowest BCUT2D eigenvalue weighted by atomic mass is 10.2. The van der Waals surface area contributed by atoms with Gasteiger partial charge in [-0.05, 0) is 31.2 Å². The smallest absolute Gasteiger partial charge is 0.382 e. The molecule has 2 rings (SSSR count). The molecule has 0 bridgehead atoms. The van der Waals surface area contributed by atoms with Gasteiger partial charge in [0.15, 0.2) is 0 Å². The Hall–Kier alpha value is -2.44. The minimum Gasteiger partial charge on any atom is -0.382 e. The van der Waals surface area contributed by atoms with Crippen molar-refractivity contribution in [3.8, 4) is 0 Å². The third-order valence-corrected chi connectivity index (χ3v) is 4.30. The molecule has 0 fully saturated rings. The highest BCUT2D eigenvalue weighted by Gasteiger charge is 2.22. The van der Waals surface area contributed by atoms with E-state index in [9.17, 15) is 9.59 Å². The molecule has 0 unspecified atom stereocenters. The second-order valence-electron chi connectivity index (χ2n) is 4.40. The van der Waals surface area contributed by atoms with Crippen molar-refractivity contribution in [1.29, 1.82) is 0 Å². The van der Waals surface area contributed by atoms with Gasteiger partial charge in [0, 0.05) is 17.7 Å². The van der Waals surface area contributed by atoms with Crippen LogP contribution in [0.15, 0.2) is 60.7 Å². The van der Waals surface area contributed by atoms with Crippen LogP contribution in [0.3, 0.4) is 0 Å². The average Bonchev–Trinajstić information content (AvgIpc) is 2.56. The summed E-state index contributed by atoms with van der Waals surface area (Å²) in [7, 11) is -1.99. The lowest BCUT2D eigenvalue weighted by molar-refractivity contribution is 0.0956. The molecule has 0 heterocycles. The lowest BCUT2D eigenvalue weighted by Gasteiger charge is -2.15. The fraction of sp³-hybridized carbons (Fsp3) is 0.125. The van der Waals surface area contributed by atoms with Crippen molar-refractivity contribution >= 4 is 21.2 Å². The van der Waals surface area contributed by atoms with Crippen LogP contribution in [0.25, 0.3) is 0 Å². The Morgan fingerprint density at radius 2 is 1.27 bits per heavy atom. The van der Waals surface area contributed by atoms with E-state index in [0.29, 0.717) is 17.7 Å². The molecule has 22 heavy (non-hydrogen) atoms. The average molecular weight is 313 g/mol. The Bertz CT molecular complexity index is 566. The Balaban J connectivity index is 2.01. The molecule has 0 spiro atoms. The van der Waals surface area contributed by atoms with Crippen LogP contribution in [0.1, 0.15) is 27.6 Å². The number of carbonyl (C=O) groups excluding carboxylic acids is 2. The van der Waals surface area contributed by atoms with Gasteiger partial charge < -0.3 is 14.4 Å². The van der Waals surface area contributed by atoms with Gasteiger partial charge in [-0.3, -0.25) is 9.59 Å². The first-order valence-electron chi connectivity index (χ1n) is 6.93. The van der Waals surface area contributed by atoms with Crippen molar-refractivity contribution in [3.05, 3.63) is 71.8 Å². The summed E-state index contributed by atoms with van der Waals surface area (Å²) in [5.74, 6) is -0.535. The van der Waals surface area contributed by atoms with Crippen molar-refractivity contribution in [2.45, 2.75) is 6.92 Å². The minimum atomic E-state index is -1.99. The number of rotatable bonds is 6. The minimum absolute atomic E-state index is 0.267. The topological polar surface area (TPSA) is 67.4 Å². The summed E-state index contributed by atoms with van der Waals surface area (Å²) in [6.45, 7) is 2.21. The van der Waals surface area contributed by atoms with Crippen LogP contribution in [-0.4, -0.2) is 27.8 Å². The van der Waals surface area contributed by atoms with E-state index < -0.39 is 9.36 Å². The van der Waals surface area contributed by atoms with E-state index in [0.717, 1.165) is 0 Å². The molecule has 2 amide bonds. The third kappa shape index (κ3) is 4.54. The van der Waals surface area contributed by atoms with E-state index in [4.69, 9.17) is 4.43 Å². The molecule has 0 aromatic heterocycles. The SMILES string of the molecule is CCO[Si](NC(=O)c1ccccc1)NC(=O)c1ccccc1. The van der Waals surface area contributed by atoms with E-state index in [1.807, 2.05) is 19.1 Å². The van der Waals surface area contributed by atoms with Gasteiger partial charge in [-0.2, -0.15) is 0 Å². The number of carbonyl (C=O) groups is 2. The molecule has 2 N–H and O–H groups in total. The van der Waals surface area contributed by atoms with Crippen LogP contribution in [0.2, 0.25) is 0 Å². The first-order valence-corrected chi connectivity index (χ1v) is 8.34. The molecule has 0 aliphatic carbocycles. The summed E-state index contributed by atoms with van der Waals surface area (Å²) < 4.78 is 5.46. The maximum atomic E-state index is 12.1. The summed E-state index contributed by atoms with van der Waals surface area (Å²) >= 11 is 0. The summed E-state index contributed by atoms with van der Waals surface area (Å²) in [6, 6.07) is 17.6. The predicted octanol–water partition coefficient (Wildman–Crippen LogP) is 1.87. The van der Waals surface area contributed by atoms with E-state index in [2.05, 4.69) is 9.96 Å². The molecule has 6 heteroatoms. The van der Waals surface area contributed by atoms with Crippen LogP contribution in [0, 0.1) is 0 Å². The Morgan fingerprint density at radius 3 is 1.64 bits per heavy atom. The van der Waals surface area contributed by atoms with Crippen molar-refractivity contribution in [2.75, 3.05) is 6.61 Å². The predicted molar refractivity (Wildman–Crippen MR) is 85.2 cm³/mol. The molecule has 113 valence electrons. The van der Waals surface area contributed by atoms with Gasteiger partial charge in [0.25, 0.3) is 0 Å². The second-order valence-corrected chi connectivity index (χ2v) is 5.85. The number of nitrogens with one attached hydrogen (secondary N) is 2. The first kappa shape index (κ1) is 15.9. The zero-order valence-electron chi connectivity index (χ0n) is 12.2. The van der Waals surface area contributed by atoms with E-state index in [1.165, 1.54) is 0 Å². The molecule has 2 aromatic carbocycles. The van der Waals surface area contributed by atoms with Crippen molar-refractivity contribution in [2.24, 2.45) is 0 Å². The molecule has 0 saturated carbocycles. The fourth-order valence-corrected chi connectivity index (χ4v) is 2.97. The van der Waals surface area contributed by atoms with Crippen molar-refractivity contribution in [1.82, 2.24) is 9.96 Å². The Labute approximate surface area is 131 Å². The van der Waals surface area contributed by atoms with Gasteiger partial charge in [-0.15, -0.1) is 0 Å². The highest BCUT2D eigenvalue weighted by atomic mass is 28.3. The molecule has 2 aromatic rings. The van der Waals surface area contributed by atoms with E-state index >= 15 is 0 Å². The van der Waals surface area contributed by atoms with Crippen LogP contribution >= 0.6 is 0 Å². The molecular formula is C16H17N2O3Si. The molecule has 0 saturated heterocycles. The molecule has 0 atom stereocenters. The van der Waals surface area contributed by atoms with Crippen LogP contribution in [0.5, 0.6) is 0 Å². The van der Waals surface area contributed by atoms with Crippen LogP contribution in [0.4, 0.5) is 0 Å². The van der Waals surface area contributed by atoms with E-state index in [1.54, 1.807) is 48.5 Å². The number of hydrogen-bond acceptors (Lipinski definition) is 3. The second kappa shape index (κ2) is 8.11. The third-order valence-electron chi connectivity index (χ3n) is 2.81. The van der Waals surface area contributed by atoms with Gasteiger partial charge >= 0.3 is 9.36 Å². The summed E-state index contributed by atoms with van der Waals surface area (Å²) in [4.78, 5) is 29.7. The van der Waals surface area contributed by atoms with Gasteiger partial charge in [-0.25, -0.2) is 0 Å². The Kier molecular flexibility index (Phi) is 5.88. The quantitative estimate of drug-likeness (QED) is 0.800. The largest absolute Gasteiger partial charge is 0.481 e. The van der Waals surface area contributed by atoms with Gasteiger partial charge in [0.05, 0.1) is 0 Å². The van der Waals surface area contributed by atoms with Gasteiger partial charge in [-0.1, -0.05) is 36.4 Å². The number of hydrogen-bond donors (Lipinski definition) is 2. The zero-order chi connectivity index (χ0) is 15.8. The first-order chi connectivity index (χ1) is 10.7. The summed E-state index contributed by atoms with van der Waals surface area (Å²) in [5.41, 5.74) is 1.05. The van der Waals surface area contributed by atoms with Crippen LogP contribution < -0.4 is 9.96 Å². The Morgan fingerprint density at radius 1 is 0.864 bits per heavy atom. The van der Waals surface area contributed by atoms with Crippen molar-refractivity contribution in [3.63, 3.8) is 0 Å². The molecule has 0 aliphatic heterocycles.